The molecule has 0 bridgehead atoms. The summed E-state index contributed by atoms with van der Waals surface area (Å²) >= 11 is 11.8. The maximum Gasteiger partial charge on any atom is 0.349 e. The van der Waals surface area contributed by atoms with Crippen LogP contribution in [-0.2, 0) is 14.3 Å². The third-order valence-electron chi connectivity index (χ3n) is 2.66. The molecule has 0 aliphatic heterocycles. The Bertz CT molecular complexity index is 465. The molecule has 0 N–H and O–H groups in total. The number of carbonyl (C=O) groups is 1. The summed E-state index contributed by atoms with van der Waals surface area (Å²) in [4.78, 5) is 11.9. The Hall–Kier alpha value is -0.970. The molecule has 0 saturated carbocycles. The maximum absolute atomic E-state index is 11.9. The van der Waals surface area contributed by atoms with E-state index >= 15 is 0 Å². The minimum absolute atomic E-state index is 0.342. The molecule has 0 aliphatic carbocycles. The van der Waals surface area contributed by atoms with Gasteiger partial charge in [-0.3, -0.25) is 0 Å². The zero-order chi connectivity index (χ0) is 15.8. The predicted octanol–water partition coefficient (Wildman–Crippen LogP) is 4.47. The first-order valence-corrected chi connectivity index (χ1v) is 7.63. The van der Waals surface area contributed by atoms with Crippen LogP contribution in [0.5, 0.6) is 5.75 Å². The lowest BCUT2D eigenvalue weighted by atomic mass is 10.3. The maximum atomic E-state index is 11.9. The van der Waals surface area contributed by atoms with Crippen LogP contribution < -0.4 is 4.74 Å². The summed E-state index contributed by atoms with van der Waals surface area (Å²) in [6.45, 7) is 5.89. The summed E-state index contributed by atoms with van der Waals surface area (Å²) in [7, 11) is 0. The van der Waals surface area contributed by atoms with E-state index in [1.54, 1.807) is 32.0 Å². The van der Waals surface area contributed by atoms with Crippen LogP contribution in [0, 0.1) is 0 Å². The van der Waals surface area contributed by atoms with Gasteiger partial charge in [0.15, 0.2) is 12.4 Å². The largest absolute Gasteiger partial charge is 0.477 e. The van der Waals surface area contributed by atoms with Gasteiger partial charge in [-0.2, -0.15) is 0 Å². The molecule has 0 fully saturated rings. The average Bonchev–Trinajstić information content (AvgIpc) is 2.42. The minimum Gasteiger partial charge on any atom is -0.477 e. The standard InChI is InChI=1S/C15H20Cl2O4/c1-4-5-8-19-11(3)21-15(18)10(2)20-14-7-6-12(16)9-13(14)17/h6-7,9-11H,4-5,8H2,1-3H3. The number of halogens is 2. The molecule has 118 valence electrons. The molecule has 0 spiro atoms. The van der Waals surface area contributed by atoms with Crippen molar-refractivity contribution >= 4 is 29.2 Å². The van der Waals surface area contributed by atoms with Gasteiger partial charge in [-0.1, -0.05) is 36.5 Å². The lowest BCUT2D eigenvalue weighted by molar-refractivity contribution is -0.181. The Morgan fingerprint density at radius 2 is 2.00 bits per heavy atom. The second-order valence-electron chi connectivity index (χ2n) is 4.56. The van der Waals surface area contributed by atoms with Crippen LogP contribution in [0.3, 0.4) is 0 Å². The van der Waals surface area contributed by atoms with Gasteiger partial charge >= 0.3 is 5.97 Å². The third kappa shape index (κ3) is 6.55. The van der Waals surface area contributed by atoms with Crippen LogP contribution in [0.25, 0.3) is 0 Å². The fourth-order valence-electron chi connectivity index (χ4n) is 1.50. The molecule has 21 heavy (non-hydrogen) atoms. The summed E-state index contributed by atoms with van der Waals surface area (Å²) in [5.41, 5.74) is 0. The Morgan fingerprint density at radius 3 is 2.62 bits per heavy atom. The molecule has 2 atom stereocenters. The summed E-state index contributed by atoms with van der Waals surface area (Å²) < 4.78 is 16.0. The molecule has 0 radical (unpaired) electrons. The van der Waals surface area contributed by atoms with Crippen molar-refractivity contribution < 1.29 is 19.0 Å². The second-order valence-corrected chi connectivity index (χ2v) is 5.41. The molecule has 0 heterocycles. The van der Waals surface area contributed by atoms with Gasteiger partial charge < -0.3 is 14.2 Å². The molecule has 1 aromatic carbocycles. The first-order chi connectivity index (χ1) is 9.93. The molecule has 4 nitrogen and oxygen atoms in total. The number of unbranched alkanes of at least 4 members (excludes halogenated alkanes) is 1. The van der Waals surface area contributed by atoms with Gasteiger partial charge in [0.25, 0.3) is 0 Å². The molecular formula is C15H20Cl2O4. The Labute approximate surface area is 135 Å². The smallest absolute Gasteiger partial charge is 0.349 e. The van der Waals surface area contributed by atoms with Gasteiger partial charge in [-0.15, -0.1) is 0 Å². The van der Waals surface area contributed by atoms with Crippen molar-refractivity contribution in [2.24, 2.45) is 0 Å². The number of carbonyl (C=O) groups excluding carboxylic acids is 1. The number of benzene rings is 1. The Morgan fingerprint density at radius 1 is 1.29 bits per heavy atom. The van der Waals surface area contributed by atoms with Crippen LogP contribution in [0.15, 0.2) is 18.2 Å². The van der Waals surface area contributed by atoms with Crippen LogP contribution in [0.2, 0.25) is 10.0 Å². The van der Waals surface area contributed by atoms with Gasteiger partial charge in [0, 0.05) is 5.02 Å². The SMILES string of the molecule is CCCCOC(C)OC(=O)C(C)Oc1ccc(Cl)cc1Cl. The van der Waals surface area contributed by atoms with E-state index < -0.39 is 18.4 Å². The normalized spacial score (nSPS) is 13.6. The molecule has 0 saturated heterocycles. The zero-order valence-corrected chi connectivity index (χ0v) is 13.9. The van der Waals surface area contributed by atoms with E-state index in [0.29, 0.717) is 22.4 Å². The highest BCUT2D eigenvalue weighted by molar-refractivity contribution is 6.35. The number of rotatable bonds is 8. The Kier molecular flexibility index (Phi) is 7.86. The molecule has 2 unspecified atom stereocenters. The average molecular weight is 335 g/mol. The molecule has 0 aliphatic rings. The van der Waals surface area contributed by atoms with E-state index in [9.17, 15) is 4.79 Å². The van der Waals surface area contributed by atoms with Gasteiger partial charge in [0.2, 0.25) is 0 Å². The fraction of sp³-hybridized carbons (Fsp3) is 0.533. The van der Waals surface area contributed by atoms with Gasteiger partial charge in [0.1, 0.15) is 5.75 Å². The zero-order valence-electron chi connectivity index (χ0n) is 12.4. The van der Waals surface area contributed by atoms with Gasteiger partial charge in [0.05, 0.1) is 11.6 Å². The number of hydrogen-bond donors (Lipinski definition) is 0. The van der Waals surface area contributed by atoms with Crippen molar-refractivity contribution in [1.82, 2.24) is 0 Å². The molecule has 0 amide bonds. The van der Waals surface area contributed by atoms with Crippen molar-refractivity contribution in [1.29, 1.82) is 0 Å². The molecule has 6 heteroatoms. The van der Waals surface area contributed by atoms with E-state index in [1.165, 1.54) is 0 Å². The van der Waals surface area contributed by atoms with Crippen molar-refractivity contribution in [2.45, 2.75) is 46.0 Å². The summed E-state index contributed by atoms with van der Waals surface area (Å²) in [6.07, 6.45) is 0.556. The van der Waals surface area contributed by atoms with E-state index in [4.69, 9.17) is 37.4 Å². The van der Waals surface area contributed by atoms with Crippen LogP contribution in [0.1, 0.15) is 33.6 Å². The monoisotopic (exact) mass is 334 g/mol. The van der Waals surface area contributed by atoms with E-state index in [0.717, 1.165) is 12.8 Å². The van der Waals surface area contributed by atoms with E-state index in [-0.39, 0.29) is 0 Å². The summed E-state index contributed by atoms with van der Waals surface area (Å²) in [6, 6.07) is 4.79. The molecule has 0 aromatic heterocycles. The predicted molar refractivity (Wildman–Crippen MR) is 83.0 cm³/mol. The minimum atomic E-state index is -0.791. The molecule has 1 rings (SSSR count). The van der Waals surface area contributed by atoms with Crippen molar-refractivity contribution in [3.05, 3.63) is 28.2 Å². The highest BCUT2D eigenvalue weighted by Crippen LogP contribution is 2.28. The topological polar surface area (TPSA) is 44.8 Å². The Balaban J connectivity index is 2.47. The summed E-state index contributed by atoms with van der Waals surface area (Å²) in [5.74, 6) is -0.130. The third-order valence-corrected chi connectivity index (χ3v) is 3.19. The fourth-order valence-corrected chi connectivity index (χ4v) is 1.95. The van der Waals surface area contributed by atoms with Gasteiger partial charge in [-0.25, -0.2) is 4.79 Å². The van der Waals surface area contributed by atoms with Crippen LogP contribution in [-0.4, -0.2) is 25.0 Å². The first-order valence-electron chi connectivity index (χ1n) is 6.87. The van der Waals surface area contributed by atoms with E-state index in [2.05, 4.69) is 6.92 Å². The van der Waals surface area contributed by atoms with Crippen molar-refractivity contribution in [2.75, 3.05) is 6.61 Å². The van der Waals surface area contributed by atoms with Crippen LogP contribution >= 0.6 is 23.2 Å². The molecule has 1 aromatic rings. The van der Waals surface area contributed by atoms with Gasteiger partial charge in [-0.05, 0) is 38.5 Å². The highest BCUT2D eigenvalue weighted by Gasteiger charge is 2.20. The molecular weight excluding hydrogens is 315 g/mol. The lowest BCUT2D eigenvalue weighted by Gasteiger charge is -2.18. The second kappa shape index (κ2) is 9.13. The quantitative estimate of drug-likeness (QED) is 0.399. The first kappa shape index (κ1) is 18.1. The number of ether oxygens (including phenoxy) is 3. The number of hydrogen-bond acceptors (Lipinski definition) is 4. The lowest BCUT2D eigenvalue weighted by Crippen LogP contribution is -2.30. The summed E-state index contributed by atoms with van der Waals surface area (Å²) in [5, 5.41) is 0.843. The highest BCUT2D eigenvalue weighted by atomic mass is 35.5. The van der Waals surface area contributed by atoms with Crippen LogP contribution in [0.4, 0.5) is 0 Å². The van der Waals surface area contributed by atoms with Crippen molar-refractivity contribution in [3.8, 4) is 5.75 Å². The number of esters is 1. The van der Waals surface area contributed by atoms with E-state index in [1.807, 2.05) is 0 Å². The van der Waals surface area contributed by atoms with Crippen molar-refractivity contribution in [3.63, 3.8) is 0 Å².